The number of hydrogen-bond donors (Lipinski definition) is 1. The van der Waals surface area contributed by atoms with E-state index in [1.807, 2.05) is 11.3 Å². The zero-order valence-corrected chi connectivity index (χ0v) is 10.4. The second kappa shape index (κ2) is 5.10. The molecule has 0 radical (unpaired) electrons. The van der Waals surface area contributed by atoms with Crippen LogP contribution >= 0.6 is 11.3 Å². The van der Waals surface area contributed by atoms with Crippen LogP contribution in [0.2, 0.25) is 0 Å². The number of nitrogens with zero attached hydrogens (tertiary/aromatic N) is 1. The Labute approximate surface area is 96.3 Å². The molecule has 1 aliphatic heterocycles. The number of thiophene rings is 1. The maximum Gasteiger partial charge on any atom is 0.0332 e. The molecule has 2 heterocycles. The van der Waals surface area contributed by atoms with Gasteiger partial charge < -0.3 is 5.32 Å². The summed E-state index contributed by atoms with van der Waals surface area (Å²) in [5.41, 5.74) is 0. The van der Waals surface area contributed by atoms with Crippen LogP contribution in [-0.2, 0) is 6.54 Å². The van der Waals surface area contributed by atoms with Gasteiger partial charge >= 0.3 is 0 Å². The fourth-order valence-electron chi connectivity index (χ4n) is 2.22. The summed E-state index contributed by atoms with van der Waals surface area (Å²) < 4.78 is 0. The molecule has 2 nitrogen and oxygen atoms in total. The molecule has 1 fully saturated rings. The molecule has 1 aliphatic rings. The van der Waals surface area contributed by atoms with E-state index in [0.29, 0.717) is 6.04 Å². The molecule has 0 aromatic carbocycles. The molecule has 1 atom stereocenters. The van der Waals surface area contributed by atoms with E-state index in [4.69, 9.17) is 0 Å². The summed E-state index contributed by atoms with van der Waals surface area (Å²) in [5, 5.41) is 5.66. The Morgan fingerprint density at radius 3 is 3.13 bits per heavy atom. The first kappa shape index (κ1) is 11.1. The zero-order valence-electron chi connectivity index (χ0n) is 9.57. The SMILES string of the molecule is CC(C)C1CNCCN1Cc1cccs1. The van der Waals surface area contributed by atoms with Gasteiger partial charge in [0.2, 0.25) is 0 Å². The predicted octanol–water partition coefficient (Wildman–Crippen LogP) is 2.18. The lowest BCUT2D eigenvalue weighted by Crippen LogP contribution is -2.52. The summed E-state index contributed by atoms with van der Waals surface area (Å²) >= 11 is 1.87. The third-order valence-electron chi connectivity index (χ3n) is 3.11. The Morgan fingerprint density at radius 2 is 2.47 bits per heavy atom. The molecule has 3 heteroatoms. The van der Waals surface area contributed by atoms with E-state index >= 15 is 0 Å². The monoisotopic (exact) mass is 224 g/mol. The predicted molar refractivity (Wildman–Crippen MR) is 66.2 cm³/mol. The van der Waals surface area contributed by atoms with Crippen molar-refractivity contribution in [2.24, 2.45) is 5.92 Å². The molecule has 1 unspecified atom stereocenters. The molecule has 2 rings (SSSR count). The quantitative estimate of drug-likeness (QED) is 0.846. The number of piperazine rings is 1. The molecular formula is C12H20N2S. The molecule has 84 valence electrons. The minimum atomic E-state index is 0.695. The van der Waals surface area contributed by atoms with E-state index in [1.54, 1.807) is 0 Å². The van der Waals surface area contributed by atoms with Crippen LogP contribution in [0.5, 0.6) is 0 Å². The molecule has 1 aromatic rings. The topological polar surface area (TPSA) is 15.3 Å². The molecule has 1 aromatic heterocycles. The summed E-state index contributed by atoms with van der Waals surface area (Å²) in [4.78, 5) is 4.11. The highest BCUT2D eigenvalue weighted by Gasteiger charge is 2.24. The van der Waals surface area contributed by atoms with Gasteiger partial charge in [0.25, 0.3) is 0 Å². The minimum Gasteiger partial charge on any atom is -0.314 e. The van der Waals surface area contributed by atoms with Gasteiger partial charge in [0, 0.05) is 37.1 Å². The van der Waals surface area contributed by atoms with Gasteiger partial charge in [0.15, 0.2) is 0 Å². The average molecular weight is 224 g/mol. The Kier molecular flexibility index (Phi) is 3.78. The van der Waals surface area contributed by atoms with Gasteiger partial charge in [-0.1, -0.05) is 19.9 Å². The first-order valence-electron chi connectivity index (χ1n) is 5.74. The third-order valence-corrected chi connectivity index (χ3v) is 3.97. The fourth-order valence-corrected chi connectivity index (χ4v) is 2.95. The summed E-state index contributed by atoms with van der Waals surface area (Å²) in [7, 11) is 0. The summed E-state index contributed by atoms with van der Waals surface area (Å²) in [6.07, 6.45) is 0. The maximum absolute atomic E-state index is 3.49. The number of rotatable bonds is 3. The van der Waals surface area contributed by atoms with Gasteiger partial charge in [-0.2, -0.15) is 0 Å². The average Bonchev–Trinajstić information content (AvgIpc) is 2.71. The van der Waals surface area contributed by atoms with Crippen molar-refractivity contribution < 1.29 is 0 Å². The molecule has 0 aliphatic carbocycles. The van der Waals surface area contributed by atoms with Crippen molar-refractivity contribution in [3.05, 3.63) is 22.4 Å². The van der Waals surface area contributed by atoms with Crippen molar-refractivity contribution in [1.82, 2.24) is 10.2 Å². The molecule has 0 amide bonds. The van der Waals surface area contributed by atoms with Gasteiger partial charge in [0.1, 0.15) is 0 Å². The van der Waals surface area contributed by atoms with Crippen molar-refractivity contribution in [2.45, 2.75) is 26.4 Å². The summed E-state index contributed by atoms with van der Waals surface area (Å²) in [6, 6.07) is 5.08. The lowest BCUT2D eigenvalue weighted by Gasteiger charge is -2.38. The van der Waals surface area contributed by atoms with Crippen molar-refractivity contribution in [3.8, 4) is 0 Å². The molecule has 1 saturated heterocycles. The van der Waals surface area contributed by atoms with Crippen LogP contribution in [0.3, 0.4) is 0 Å². The highest BCUT2D eigenvalue weighted by atomic mass is 32.1. The van der Waals surface area contributed by atoms with E-state index in [2.05, 4.69) is 41.6 Å². The molecular weight excluding hydrogens is 204 g/mol. The van der Waals surface area contributed by atoms with Gasteiger partial charge in [0.05, 0.1) is 0 Å². The van der Waals surface area contributed by atoms with Crippen LogP contribution in [0.4, 0.5) is 0 Å². The van der Waals surface area contributed by atoms with Crippen LogP contribution < -0.4 is 5.32 Å². The fraction of sp³-hybridized carbons (Fsp3) is 0.667. The van der Waals surface area contributed by atoms with E-state index in [1.165, 1.54) is 11.4 Å². The molecule has 15 heavy (non-hydrogen) atoms. The Morgan fingerprint density at radius 1 is 1.60 bits per heavy atom. The van der Waals surface area contributed by atoms with Crippen LogP contribution in [0.1, 0.15) is 18.7 Å². The van der Waals surface area contributed by atoms with Crippen LogP contribution in [0, 0.1) is 5.92 Å². The van der Waals surface area contributed by atoms with E-state index < -0.39 is 0 Å². The van der Waals surface area contributed by atoms with E-state index in [-0.39, 0.29) is 0 Å². The smallest absolute Gasteiger partial charge is 0.0332 e. The van der Waals surface area contributed by atoms with Crippen LogP contribution in [0.25, 0.3) is 0 Å². The van der Waals surface area contributed by atoms with Gasteiger partial charge in [-0.15, -0.1) is 11.3 Å². The first-order chi connectivity index (χ1) is 7.27. The standard InChI is InChI=1S/C12H20N2S/c1-10(2)12-8-13-5-6-14(12)9-11-4-3-7-15-11/h3-4,7,10,12-13H,5-6,8-9H2,1-2H3. The largest absolute Gasteiger partial charge is 0.314 e. The summed E-state index contributed by atoms with van der Waals surface area (Å²) in [5.74, 6) is 0.734. The highest BCUT2D eigenvalue weighted by molar-refractivity contribution is 7.09. The molecule has 0 saturated carbocycles. The lowest BCUT2D eigenvalue weighted by molar-refractivity contribution is 0.118. The van der Waals surface area contributed by atoms with Crippen molar-refractivity contribution in [2.75, 3.05) is 19.6 Å². The highest BCUT2D eigenvalue weighted by Crippen LogP contribution is 2.18. The maximum atomic E-state index is 3.49. The van der Waals surface area contributed by atoms with Gasteiger partial charge in [-0.05, 0) is 17.4 Å². The van der Waals surface area contributed by atoms with E-state index in [9.17, 15) is 0 Å². The normalized spacial score (nSPS) is 23.5. The molecule has 1 N–H and O–H groups in total. The van der Waals surface area contributed by atoms with Crippen LogP contribution in [-0.4, -0.2) is 30.6 Å². The molecule has 0 bridgehead atoms. The van der Waals surface area contributed by atoms with Crippen molar-refractivity contribution in [1.29, 1.82) is 0 Å². The van der Waals surface area contributed by atoms with Crippen molar-refractivity contribution in [3.63, 3.8) is 0 Å². The second-order valence-corrected chi connectivity index (χ2v) is 5.60. The first-order valence-corrected chi connectivity index (χ1v) is 6.62. The Bertz CT molecular complexity index is 282. The zero-order chi connectivity index (χ0) is 10.7. The number of hydrogen-bond acceptors (Lipinski definition) is 3. The number of nitrogens with one attached hydrogen (secondary N) is 1. The van der Waals surface area contributed by atoms with Gasteiger partial charge in [-0.25, -0.2) is 0 Å². The minimum absolute atomic E-state index is 0.695. The Balaban J connectivity index is 1.99. The second-order valence-electron chi connectivity index (χ2n) is 4.57. The van der Waals surface area contributed by atoms with Crippen LogP contribution in [0.15, 0.2) is 17.5 Å². The Hall–Kier alpha value is -0.380. The van der Waals surface area contributed by atoms with Gasteiger partial charge in [-0.3, -0.25) is 4.90 Å². The van der Waals surface area contributed by atoms with Crippen molar-refractivity contribution >= 4 is 11.3 Å². The third kappa shape index (κ3) is 2.80. The van der Waals surface area contributed by atoms with E-state index in [0.717, 1.165) is 25.6 Å². The lowest BCUT2D eigenvalue weighted by atomic mass is 10.0. The summed E-state index contributed by atoms with van der Waals surface area (Å²) in [6.45, 7) is 9.22. The molecule has 0 spiro atoms.